The molecule has 3 aromatic rings. The van der Waals surface area contributed by atoms with E-state index in [1.54, 1.807) is 36.6 Å². The smallest absolute Gasteiger partial charge is 0.230 e. The topological polar surface area (TPSA) is 73.0 Å². The average Bonchev–Trinajstić information content (AvgIpc) is 3.23. The minimum atomic E-state index is -0.378. The number of halogens is 1. The van der Waals surface area contributed by atoms with Gasteiger partial charge in [0.05, 0.1) is 24.2 Å². The van der Waals surface area contributed by atoms with E-state index in [9.17, 15) is 9.18 Å². The van der Waals surface area contributed by atoms with Gasteiger partial charge in [-0.25, -0.2) is 4.39 Å². The van der Waals surface area contributed by atoms with E-state index in [0.717, 1.165) is 0 Å². The maximum Gasteiger partial charge on any atom is 0.230 e. The van der Waals surface area contributed by atoms with Crippen LogP contribution in [0.2, 0.25) is 0 Å². The average molecular weight is 332 g/mol. The molecule has 0 aliphatic carbocycles. The predicted octanol–water partition coefficient (Wildman–Crippen LogP) is 2.41. The van der Waals surface area contributed by atoms with Crippen molar-refractivity contribution in [2.24, 2.45) is 0 Å². The van der Waals surface area contributed by atoms with Crippen molar-refractivity contribution >= 4 is 17.7 Å². The summed E-state index contributed by atoms with van der Waals surface area (Å²) in [6.45, 7) is 0.326. The van der Waals surface area contributed by atoms with Crippen LogP contribution in [0, 0.1) is 5.82 Å². The van der Waals surface area contributed by atoms with Gasteiger partial charge in [0.2, 0.25) is 5.91 Å². The molecule has 0 fully saturated rings. The third kappa shape index (κ3) is 3.78. The summed E-state index contributed by atoms with van der Waals surface area (Å²) >= 11 is 1.18. The summed E-state index contributed by atoms with van der Waals surface area (Å²) in [4.78, 5) is 11.8. The highest BCUT2D eigenvalue weighted by Gasteiger charge is 2.12. The van der Waals surface area contributed by atoms with Crippen LogP contribution in [-0.2, 0) is 11.3 Å². The maximum absolute atomic E-state index is 13.8. The Morgan fingerprint density at radius 2 is 2.17 bits per heavy atom. The molecule has 1 N–H and O–H groups in total. The molecule has 1 aromatic carbocycles. The highest BCUT2D eigenvalue weighted by atomic mass is 32.2. The van der Waals surface area contributed by atoms with E-state index in [-0.39, 0.29) is 17.5 Å². The SMILES string of the molecule is O=C(CSc1nncn1-c1ccccc1F)NCc1ccco1. The number of rotatable bonds is 6. The zero-order valence-electron chi connectivity index (χ0n) is 12.0. The molecule has 23 heavy (non-hydrogen) atoms. The van der Waals surface area contributed by atoms with Crippen LogP contribution in [0.5, 0.6) is 0 Å². The highest BCUT2D eigenvalue weighted by Crippen LogP contribution is 2.21. The number of hydrogen-bond acceptors (Lipinski definition) is 5. The van der Waals surface area contributed by atoms with Crippen molar-refractivity contribution in [3.8, 4) is 5.69 Å². The number of furan rings is 1. The van der Waals surface area contributed by atoms with Crippen LogP contribution in [0.4, 0.5) is 4.39 Å². The zero-order valence-corrected chi connectivity index (χ0v) is 12.8. The van der Waals surface area contributed by atoms with Gasteiger partial charge in [0.15, 0.2) is 5.16 Å². The molecule has 0 unspecified atom stereocenters. The number of para-hydroxylation sites is 1. The second-order valence-electron chi connectivity index (χ2n) is 4.58. The molecule has 0 saturated carbocycles. The summed E-state index contributed by atoms with van der Waals surface area (Å²) < 4.78 is 20.5. The molecule has 0 spiro atoms. The number of nitrogens with one attached hydrogen (secondary N) is 1. The van der Waals surface area contributed by atoms with Crippen molar-refractivity contribution in [1.82, 2.24) is 20.1 Å². The Morgan fingerprint density at radius 3 is 2.96 bits per heavy atom. The van der Waals surface area contributed by atoms with E-state index < -0.39 is 0 Å². The number of aromatic nitrogens is 3. The van der Waals surface area contributed by atoms with Gasteiger partial charge in [0, 0.05) is 0 Å². The van der Waals surface area contributed by atoms with Crippen molar-refractivity contribution < 1.29 is 13.6 Å². The van der Waals surface area contributed by atoms with E-state index in [4.69, 9.17) is 4.42 Å². The van der Waals surface area contributed by atoms with Crippen molar-refractivity contribution in [2.75, 3.05) is 5.75 Å². The van der Waals surface area contributed by atoms with Gasteiger partial charge < -0.3 is 9.73 Å². The predicted molar refractivity (Wildman–Crippen MR) is 82.6 cm³/mol. The van der Waals surface area contributed by atoms with Crippen LogP contribution in [0.1, 0.15) is 5.76 Å². The first-order valence-electron chi connectivity index (χ1n) is 6.81. The van der Waals surface area contributed by atoms with Crippen LogP contribution in [0.3, 0.4) is 0 Å². The Labute approximate surface area is 135 Å². The van der Waals surface area contributed by atoms with Gasteiger partial charge in [-0.3, -0.25) is 9.36 Å². The third-order valence-corrected chi connectivity index (χ3v) is 3.94. The molecular formula is C15H13FN4O2S. The number of amides is 1. The number of hydrogen-bond donors (Lipinski definition) is 1. The minimum absolute atomic E-state index is 0.147. The normalized spacial score (nSPS) is 10.7. The lowest BCUT2D eigenvalue weighted by atomic mass is 10.3. The summed E-state index contributed by atoms with van der Waals surface area (Å²) in [6.07, 6.45) is 2.97. The largest absolute Gasteiger partial charge is 0.467 e. The molecule has 2 heterocycles. The Balaban J connectivity index is 1.60. The van der Waals surface area contributed by atoms with Crippen LogP contribution < -0.4 is 5.32 Å². The van der Waals surface area contributed by atoms with Crippen molar-refractivity contribution in [1.29, 1.82) is 0 Å². The highest BCUT2D eigenvalue weighted by molar-refractivity contribution is 7.99. The van der Waals surface area contributed by atoms with Gasteiger partial charge in [-0.05, 0) is 24.3 Å². The van der Waals surface area contributed by atoms with Gasteiger partial charge in [0.1, 0.15) is 17.9 Å². The number of thioether (sulfide) groups is 1. The first-order chi connectivity index (χ1) is 11.2. The summed E-state index contributed by atoms with van der Waals surface area (Å²) in [5.41, 5.74) is 0.344. The molecule has 0 aliphatic heterocycles. The summed E-state index contributed by atoms with van der Waals surface area (Å²) in [6, 6.07) is 9.86. The van der Waals surface area contributed by atoms with E-state index in [1.165, 1.54) is 28.7 Å². The Kier molecular flexibility index (Phi) is 4.72. The molecule has 0 atom stereocenters. The molecule has 8 heteroatoms. The second kappa shape index (κ2) is 7.10. The lowest BCUT2D eigenvalue weighted by molar-refractivity contribution is -0.118. The van der Waals surface area contributed by atoms with Crippen LogP contribution in [-0.4, -0.2) is 26.4 Å². The number of carbonyl (C=O) groups excluding carboxylic acids is 1. The molecular weight excluding hydrogens is 319 g/mol. The fourth-order valence-electron chi connectivity index (χ4n) is 1.92. The van der Waals surface area contributed by atoms with Gasteiger partial charge in [0.25, 0.3) is 0 Å². The zero-order chi connectivity index (χ0) is 16.1. The van der Waals surface area contributed by atoms with Crippen molar-refractivity contribution in [3.05, 3.63) is 60.6 Å². The van der Waals surface area contributed by atoms with Gasteiger partial charge >= 0.3 is 0 Å². The molecule has 0 aliphatic rings. The van der Waals surface area contributed by atoms with E-state index in [0.29, 0.717) is 23.1 Å². The summed E-state index contributed by atoms with van der Waals surface area (Å²) in [5, 5.41) is 10.9. The number of benzene rings is 1. The third-order valence-electron chi connectivity index (χ3n) is 3.00. The monoisotopic (exact) mass is 332 g/mol. The quantitative estimate of drug-likeness (QED) is 0.702. The number of carbonyl (C=O) groups is 1. The molecule has 6 nitrogen and oxygen atoms in total. The summed E-state index contributed by atoms with van der Waals surface area (Å²) in [5.74, 6) is 0.275. The van der Waals surface area contributed by atoms with Gasteiger partial charge in [-0.2, -0.15) is 0 Å². The molecule has 3 rings (SSSR count). The molecule has 0 bridgehead atoms. The molecule has 0 saturated heterocycles. The van der Waals surface area contributed by atoms with Crippen LogP contribution in [0.15, 0.2) is 58.6 Å². The van der Waals surface area contributed by atoms with Gasteiger partial charge in [-0.1, -0.05) is 23.9 Å². The standard InChI is InChI=1S/C15H13FN4O2S/c16-12-5-1-2-6-13(12)20-10-18-19-15(20)23-9-14(21)17-8-11-4-3-7-22-11/h1-7,10H,8-9H2,(H,17,21). The summed E-state index contributed by atoms with van der Waals surface area (Å²) in [7, 11) is 0. The van der Waals surface area contributed by atoms with Crippen LogP contribution >= 0.6 is 11.8 Å². The lowest BCUT2D eigenvalue weighted by Gasteiger charge is -2.07. The Morgan fingerprint density at radius 1 is 1.30 bits per heavy atom. The number of nitrogens with zero attached hydrogens (tertiary/aromatic N) is 3. The molecule has 2 aromatic heterocycles. The Bertz CT molecular complexity index is 788. The maximum atomic E-state index is 13.8. The van der Waals surface area contributed by atoms with Crippen molar-refractivity contribution in [3.63, 3.8) is 0 Å². The van der Waals surface area contributed by atoms with E-state index in [2.05, 4.69) is 15.5 Å². The second-order valence-corrected chi connectivity index (χ2v) is 5.52. The molecule has 1 amide bonds. The first kappa shape index (κ1) is 15.3. The fourth-order valence-corrected chi connectivity index (χ4v) is 2.67. The molecule has 0 radical (unpaired) electrons. The molecule has 118 valence electrons. The van der Waals surface area contributed by atoms with Gasteiger partial charge in [-0.15, -0.1) is 10.2 Å². The lowest BCUT2D eigenvalue weighted by Crippen LogP contribution is -2.24. The van der Waals surface area contributed by atoms with E-state index in [1.807, 2.05) is 0 Å². The minimum Gasteiger partial charge on any atom is -0.467 e. The first-order valence-corrected chi connectivity index (χ1v) is 7.79. The fraction of sp³-hybridized carbons (Fsp3) is 0.133. The van der Waals surface area contributed by atoms with E-state index >= 15 is 0 Å². The van der Waals surface area contributed by atoms with Crippen molar-refractivity contribution in [2.45, 2.75) is 11.7 Å². The van der Waals surface area contributed by atoms with Crippen LogP contribution in [0.25, 0.3) is 5.69 Å². The Hall–Kier alpha value is -2.61.